The van der Waals surface area contributed by atoms with Gasteiger partial charge < -0.3 is 20.7 Å². The number of carbonyl (C=O) groups is 1. The van der Waals surface area contributed by atoms with Crippen LogP contribution >= 0.6 is 11.6 Å². The van der Waals surface area contributed by atoms with Gasteiger partial charge in [0.05, 0.1) is 0 Å². The molecule has 5 nitrogen and oxygen atoms in total. The molecule has 8 heteroatoms. The molecule has 1 saturated carbocycles. The second-order valence-corrected chi connectivity index (χ2v) is 6.29. The number of hydrogen-bond acceptors (Lipinski definition) is 3. The van der Waals surface area contributed by atoms with Gasteiger partial charge in [-0.25, -0.2) is 4.79 Å². The van der Waals surface area contributed by atoms with E-state index < -0.39 is 6.61 Å². The normalized spacial score (nSPS) is 25.7. The first kappa shape index (κ1) is 16.3. The lowest BCUT2D eigenvalue weighted by Crippen LogP contribution is -2.50. The van der Waals surface area contributed by atoms with E-state index in [4.69, 9.17) is 11.6 Å². The van der Waals surface area contributed by atoms with E-state index in [9.17, 15) is 13.6 Å². The van der Waals surface area contributed by atoms with Gasteiger partial charge in [-0.3, -0.25) is 0 Å². The Bertz CT molecular complexity index is 588. The number of rotatable bonds is 5. The Morgan fingerprint density at radius 2 is 2.26 bits per heavy atom. The van der Waals surface area contributed by atoms with Gasteiger partial charge in [0, 0.05) is 29.2 Å². The molecular weight excluding hydrogens is 328 g/mol. The molecule has 126 valence electrons. The number of urea groups is 1. The maximum atomic E-state index is 12.4. The third kappa shape index (κ3) is 3.84. The minimum absolute atomic E-state index is 0.0157. The van der Waals surface area contributed by atoms with Crippen LogP contribution in [0.15, 0.2) is 18.2 Å². The van der Waals surface area contributed by atoms with E-state index in [0.29, 0.717) is 17.5 Å². The molecular formula is C15H18ClF2N3O2. The maximum absolute atomic E-state index is 12.4. The van der Waals surface area contributed by atoms with Crippen molar-refractivity contribution >= 4 is 17.6 Å². The lowest BCUT2D eigenvalue weighted by molar-refractivity contribution is -0.0504. The van der Waals surface area contributed by atoms with Crippen molar-refractivity contribution in [3.63, 3.8) is 0 Å². The standard InChI is InChI=1S/C15H18ClF2N3O2/c16-10-2-1-3-13(23-14(17)18)9(10)7-20-15(22)21-12-5-8-4-11(12)19-6-8/h1-3,8,11-12,14,19H,4-7H2,(H2,20,21,22)/t8-,11+,12+/m0/s1. The average molecular weight is 346 g/mol. The molecule has 0 unspecified atom stereocenters. The summed E-state index contributed by atoms with van der Waals surface area (Å²) in [5.41, 5.74) is 0.329. The number of piperidine rings is 1. The van der Waals surface area contributed by atoms with Crippen LogP contribution in [0.2, 0.25) is 5.02 Å². The number of ether oxygens (including phenoxy) is 1. The van der Waals surface area contributed by atoms with E-state index in [-0.39, 0.29) is 29.4 Å². The zero-order valence-corrected chi connectivity index (χ0v) is 13.1. The summed E-state index contributed by atoms with van der Waals surface area (Å²) in [6.07, 6.45) is 2.05. The van der Waals surface area contributed by atoms with Gasteiger partial charge in [0.2, 0.25) is 0 Å². The van der Waals surface area contributed by atoms with Crippen molar-refractivity contribution in [3.8, 4) is 5.75 Å². The molecule has 3 atom stereocenters. The van der Waals surface area contributed by atoms with Gasteiger partial charge in [0.15, 0.2) is 0 Å². The van der Waals surface area contributed by atoms with E-state index in [0.717, 1.165) is 19.4 Å². The molecule has 1 heterocycles. The molecule has 1 saturated heterocycles. The highest BCUT2D eigenvalue weighted by molar-refractivity contribution is 6.31. The number of benzene rings is 1. The summed E-state index contributed by atoms with van der Waals surface area (Å²) in [7, 11) is 0. The van der Waals surface area contributed by atoms with Crippen molar-refractivity contribution in [1.82, 2.24) is 16.0 Å². The Morgan fingerprint density at radius 1 is 1.43 bits per heavy atom. The van der Waals surface area contributed by atoms with Gasteiger partial charge in [0.1, 0.15) is 5.75 Å². The summed E-state index contributed by atoms with van der Waals surface area (Å²) in [5.74, 6) is 0.592. The van der Waals surface area contributed by atoms with Crippen molar-refractivity contribution < 1.29 is 18.3 Å². The fraction of sp³-hybridized carbons (Fsp3) is 0.533. The first-order valence-electron chi connectivity index (χ1n) is 7.53. The molecule has 2 aliphatic rings. The van der Waals surface area contributed by atoms with Gasteiger partial charge in [0.25, 0.3) is 0 Å². The Hall–Kier alpha value is -1.60. The number of halogens is 3. The molecule has 1 aromatic carbocycles. The maximum Gasteiger partial charge on any atom is 0.387 e. The number of carbonyl (C=O) groups excluding carboxylic acids is 1. The molecule has 0 radical (unpaired) electrons. The SMILES string of the molecule is O=C(NCc1c(Cl)cccc1OC(F)F)N[C@@H]1C[C@H]2CN[C@@H]1C2. The summed E-state index contributed by atoms with van der Waals surface area (Å²) in [4.78, 5) is 12.0. The van der Waals surface area contributed by atoms with Crippen LogP contribution in [0.3, 0.4) is 0 Å². The Labute approximate surface area is 137 Å². The highest BCUT2D eigenvalue weighted by Gasteiger charge is 2.39. The fourth-order valence-corrected chi connectivity index (χ4v) is 3.55. The largest absolute Gasteiger partial charge is 0.434 e. The minimum atomic E-state index is -2.94. The lowest BCUT2D eigenvalue weighted by atomic mass is 10.1. The number of fused-ring (bicyclic) bond motifs is 2. The summed E-state index contributed by atoms with van der Waals surface area (Å²) in [6.45, 7) is -1.92. The topological polar surface area (TPSA) is 62.4 Å². The van der Waals surface area contributed by atoms with Crippen molar-refractivity contribution in [3.05, 3.63) is 28.8 Å². The zero-order valence-electron chi connectivity index (χ0n) is 12.3. The smallest absolute Gasteiger partial charge is 0.387 e. The van der Waals surface area contributed by atoms with Crippen LogP contribution in [0.5, 0.6) is 5.75 Å². The Kier molecular flexibility index (Phi) is 4.87. The molecule has 23 heavy (non-hydrogen) atoms. The van der Waals surface area contributed by atoms with Crippen molar-refractivity contribution in [2.75, 3.05) is 6.54 Å². The number of amides is 2. The fourth-order valence-electron chi connectivity index (χ4n) is 3.32. The molecule has 1 aliphatic carbocycles. The predicted octanol–water partition coefficient (Wildman–Crippen LogP) is 2.49. The summed E-state index contributed by atoms with van der Waals surface area (Å²) >= 11 is 6.01. The highest BCUT2D eigenvalue weighted by atomic mass is 35.5. The monoisotopic (exact) mass is 345 g/mol. The van der Waals surface area contributed by atoms with Gasteiger partial charge in [-0.15, -0.1) is 0 Å². The molecule has 3 N–H and O–H groups in total. The molecule has 1 aliphatic heterocycles. The molecule has 3 rings (SSSR count). The van der Waals surface area contributed by atoms with Gasteiger partial charge in [-0.1, -0.05) is 17.7 Å². The summed E-state index contributed by atoms with van der Waals surface area (Å²) in [6, 6.07) is 4.57. The first-order chi connectivity index (χ1) is 11.0. The van der Waals surface area contributed by atoms with E-state index in [1.807, 2.05) is 0 Å². The molecule has 2 bridgehead atoms. The van der Waals surface area contributed by atoms with E-state index in [1.165, 1.54) is 12.1 Å². The number of nitrogens with one attached hydrogen (secondary N) is 3. The quantitative estimate of drug-likeness (QED) is 0.768. The first-order valence-corrected chi connectivity index (χ1v) is 7.90. The number of alkyl halides is 2. The van der Waals surface area contributed by atoms with Crippen LogP contribution in [0.1, 0.15) is 18.4 Å². The van der Waals surface area contributed by atoms with E-state index >= 15 is 0 Å². The molecule has 0 aromatic heterocycles. The third-order valence-electron chi connectivity index (χ3n) is 4.36. The summed E-state index contributed by atoms with van der Waals surface area (Å²) < 4.78 is 29.3. The third-order valence-corrected chi connectivity index (χ3v) is 4.72. The van der Waals surface area contributed by atoms with E-state index in [1.54, 1.807) is 6.07 Å². The van der Waals surface area contributed by atoms with Crippen LogP contribution in [-0.2, 0) is 6.54 Å². The van der Waals surface area contributed by atoms with Crippen LogP contribution in [0.25, 0.3) is 0 Å². The molecule has 2 fully saturated rings. The van der Waals surface area contributed by atoms with Gasteiger partial charge in [-0.2, -0.15) is 8.78 Å². The van der Waals surface area contributed by atoms with Crippen LogP contribution in [-0.4, -0.2) is 31.3 Å². The number of hydrogen-bond donors (Lipinski definition) is 3. The Balaban J connectivity index is 1.56. The second-order valence-electron chi connectivity index (χ2n) is 5.88. The van der Waals surface area contributed by atoms with Gasteiger partial charge in [-0.05, 0) is 37.4 Å². The second kappa shape index (κ2) is 6.88. The molecule has 0 spiro atoms. The van der Waals surface area contributed by atoms with Crippen molar-refractivity contribution in [2.45, 2.75) is 38.1 Å². The lowest BCUT2D eigenvalue weighted by Gasteiger charge is -2.24. The predicted molar refractivity (Wildman–Crippen MR) is 81.8 cm³/mol. The van der Waals surface area contributed by atoms with Crippen LogP contribution in [0, 0.1) is 5.92 Å². The average Bonchev–Trinajstić information content (AvgIpc) is 3.08. The van der Waals surface area contributed by atoms with Gasteiger partial charge >= 0.3 is 12.6 Å². The zero-order chi connectivity index (χ0) is 16.4. The summed E-state index contributed by atoms with van der Waals surface area (Å²) in [5, 5.41) is 9.19. The molecule has 2 amide bonds. The van der Waals surface area contributed by atoms with Crippen molar-refractivity contribution in [2.24, 2.45) is 5.92 Å². The van der Waals surface area contributed by atoms with Crippen LogP contribution in [0.4, 0.5) is 13.6 Å². The van der Waals surface area contributed by atoms with Crippen LogP contribution < -0.4 is 20.7 Å². The minimum Gasteiger partial charge on any atom is -0.434 e. The van der Waals surface area contributed by atoms with E-state index in [2.05, 4.69) is 20.7 Å². The Morgan fingerprint density at radius 3 is 2.91 bits per heavy atom. The highest BCUT2D eigenvalue weighted by Crippen LogP contribution is 2.31. The molecule has 1 aromatic rings. The van der Waals surface area contributed by atoms with Crippen molar-refractivity contribution in [1.29, 1.82) is 0 Å².